The highest BCUT2D eigenvalue weighted by Crippen LogP contribution is 2.34. The lowest BCUT2D eigenvalue weighted by atomic mass is 10.1. The van der Waals surface area contributed by atoms with Gasteiger partial charge in [0.2, 0.25) is 0 Å². The lowest BCUT2D eigenvalue weighted by Gasteiger charge is -2.11. The van der Waals surface area contributed by atoms with Crippen LogP contribution in [0.1, 0.15) is 11.4 Å². The number of pyridine rings is 2. The maximum Gasteiger partial charge on any atom is 0.0990 e. The van der Waals surface area contributed by atoms with Gasteiger partial charge in [0.15, 0.2) is 0 Å². The number of aromatic nitrogens is 2. The average Bonchev–Trinajstić information content (AvgIpc) is 2.36. The highest BCUT2D eigenvalue weighted by molar-refractivity contribution is 6.15. The summed E-state index contributed by atoms with van der Waals surface area (Å²) < 4.78 is 0. The number of fused-ring (bicyclic) bond motifs is 3. The van der Waals surface area contributed by atoms with Crippen LogP contribution in [-0.2, 0) is 0 Å². The van der Waals surface area contributed by atoms with Gasteiger partial charge in [0.1, 0.15) is 0 Å². The summed E-state index contributed by atoms with van der Waals surface area (Å²) in [6, 6.07) is 7.76. The summed E-state index contributed by atoms with van der Waals surface area (Å²) in [6.45, 7) is 3.90. The molecule has 2 heterocycles. The molecule has 2 aromatic heterocycles. The molecule has 3 aromatic rings. The number of aryl methyl sites for hydroxylation is 2. The summed E-state index contributed by atoms with van der Waals surface area (Å²) >= 11 is 0. The van der Waals surface area contributed by atoms with E-state index in [0.717, 1.165) is 33.2 Å². The van der Waals surface area contributed by atoms with E-state index in [2.05, 4.69) is 9.97 Å². The van der Waals surface area contributed by atoms with E-state index in [-0.39, 0.29) is 0 Å². The van der Waals surface area contributed by atoms with E-state index < -0.39 is 0 Å². The fraction of sp³-hybridized carbons (Fsp3) is 0.143. The second-order valence-electron chi connectivity index (χ2n) is 4.52. The van der Waals surface area contributed by atoms with E-state index in [0.29, 0.717) is 11.4 Å². The predicted octanol–water partition coefficient (Wildman–Crippen LogP) is 2.56. The first kappa shape index (κ1) is 10.8. The Morgan fingerprint density at radius 1 is 0.722 bits per heavy atom. The Morgan fingerprint density at radius 3 is 1.50 bits per heavy atom. The summed E-state index contributed by atoms with van der Waals surface area (Å²) in [5, 5.41) is 1.73. The Balaban J connectivity index is 2.64. The highest BCUT2D eigenvalue weighted by atomic mass is 14.8. The van der Waals surface area contributed by atoms with Crippen molar-refractivity contribution in [2.45, 2.75) is 13.8 Å². The Labute approximate surface area is 105 Å². The fourth-order valence-electron chi connectivity index (χ4n) is 2.20. The highest BCUT2D eigenvalue weighted by Gasteiger charge is 2.12. The Morgan fingerprint density at radius 2 is 1.11 bits per heavy atom. The van der Waals surface area contributed by atoms with Gasteiger partial charge in [-0.1, -0.05) is 0 Å². The molecule has 90 valence electrons. The lowest BCUT2D eigenvalue weighted by Crippen LogP contribution is -2.00. The molecule has 0 saturated heterocycles. The first-order chi connectivity index (χ1) is 8.58. The molecule has 0 aliphatic heterocycles. The van der Waals surface area contributed by atoms with E-state index in [1.165, 1.54) is 0 Å². The van der Waals surface area contributed by atoms with Crippen molar-refractivity contribution in [1.29, 1.82) is 0 Å². The number of nitrogens with two attached hydrogens (primary N) is 2. The summed E-state index contributed by atoms with van der Waals surface area (Å²) in [5.74, 6) is 0. The SMILES string of the molecule is Cc1ccc2c(N)c(N)c3ccc(C)nc3c2n1. The van der Waals surface area contributed by atoms with Crippen molar-refractivity contribution in [2.75, 3.05) is 11.5 Å². The lowest BCUT2D eigenvalue weighted by molar-refractivity contribution is 1.23. The number of nitrogens with zero attached hydrogens (tertiary/aromatic N) is 2. The fourth-order valence-corrected chi connectivity index (χ4v) is 2.20. The van der Waals surface area contributed by atoms with Gasteiger partial charge in [-0.05, 0) is 38.1 Å². The molecule has 0 aliphatic rings. The minimum absolute atomic E-state index is 0.579. The van der Waals surface area contributed by atoms with Crippen LogP contribution < -0.4 is 11.5 Å². The first-order valence-electron chi connectivity index (χ1n) is 5.79. The summed E-state index contributed by atoms with van der Waals surface area (Å²) in [7, 11) is 0. The van der Waals surface area contributed by atoms with E-state index in [4.69, 9.17) is 11.5 Å². The second-order valence-corrected chi connectivity index (χ2v) is 4.52. The molecule has 0 spiro atoms. The molecule has 4 heteroatoms. The zero-order chi connectivity index (χ0) is 12.9. The van der Waals surface area contributed by atoms with Gasteiger partial charge in [0.05, 0.1) is 22.4 Å². The largest absolute Gasteiger partial charge is 0.396 e. The van der Waals surface area contributed by atoms with Gasteiger partial charge in [-0.2, -0.15) is 0 Å². The van der Waals surface area contributed by atoms with Crippen LogP contribution in [0.15, 0.2) is 24.3 Å². The third-order valence-electron chi connectivity index (χ3n) is 3.16. The Hall–Kier alpha value is -2.36. The molecule has 0 atom stereocenters. The number of nitrogen functional groups attached to an aromatic ring is 2. The molecule has 0 unspecified atom stereocenters. The molecular weight excluding hydrogens is 224 g/mol. The first-order valence-corrected chi connectivity index (χ1v) is 5.79. The topological polar surface area (TPSA) is 77.8 Å². The van der Waals surface area contributed by atoms with E-state index in [9.17, 15) is 0 Å². The van der Waals surface area contributed by atoms with Crippen LogP contribution in [0.4, 0.5) is 11.4 Å². The molecule has 0 amide bonds. The molecule has 0 bridgehead atoms. The summed E-state index contributed by atoms with van der Waals surface area (Å²) in [4.78, 5) is 9.10. The molecule has 0 aliphatic carbocycles. The average molecular weight is 238 g/mol. The maximum atomic E-state index is 6.08. The van der Waals surface area contributed by atoms with Crippen molar-refractivity contribution >= 4 is 33.2 Å². The number of anilines is 2. The molecule has 0 fully saturated rings. The van der Waals surface area contributed by atoms with Gasteiger partial charge in [-0.3, -0.25) is 9.97 Å². The third kappa shape index (κ3) is 1.39. The van der Waals surface area contributed by atoms with Crippen molar-refractivity contribution in [3.8, 4) is 0 Å². The maximum absolute atomic E-state index is 6.08. The number of hydrogen-bond acceptors (Lipinski definition) is 4. The molecule has 0 radical (unpaired) electrons. The minimum Gasteiger partial charge on any atom is -0.396 e. The standard InChI is InChI=1S/C14H14N4/c1-7-3-5-9-11(15)12(16)10-6-4-8(2)18-14(10)13(9)17-7/h3-6H,15-16H2,1-2H3. The summed E-state index contributed by atoms with van der Waals surface area (Å²) in [6.07, 6.45) is 0. The van der Waals surface area contributed by atoms with Crippen LogP contribution in [0, 0.1) is 13.8 Å². The van der Waals surface area contributed by atoms with Crippen molar-refractivity contribution < 1.29 is 0 Å². The second kappa shape index (κ2) is 3.57. The van der Waals surface area contributed by atoms with Crippen LogP contribution in [-0.4, -0.2) is 9.97 Å². The number of hydrogen-bond donors (Lipinski definition) is 2. The van der Waals surface area contributed by atoms with Crippen LogP contribution in [0.5, 0.6) is 0 Å². The number of benzene rings is 1. The molecule has 4 N–H and O–H groups in total. The van der Waals surface area contributed by atoms with Gasteiger partial charge in [-0.15, -0.1) is 0 Å². The minimum atomic E-state index is 0.579. The normalized spacial score (nSPS) is 11.2. The van der Waals surface area contributed by atoms with Crippen molar-refractivity contribution in [2.24, 2.45) is 0 Å². The monoisotopic (exact) mass is 238 g/mol. The number of rotatable bonds is 0. The van der Waals surface area contributed by atoms with Crippen molar-refractivity contribution in [3.05, 3.63) is 35.7 Å². The Bertz CT molecular complexity index is 711. The molecule has 4 nitrogen and oxygen atoms in total. The van der Waals surface area contributed by atoms with Crippen LogP contribution >= 0.6 is 0 Å². The molecule has 0 saturated carbocycles. The van der Waals surface area contributed by atoms with Crippen molar-refractivity contribution in [1.82, 2.24) is 9.97 Å². The zero-order valence-electron chi connectivity index (χ0n) is 10.4. The van der Waals surface area contributed by atoms with Gasteiger partial charge in [-0.25, -0.2) is 0 Å². The molecular formula is C14H14N4. The predicted molar refractivity (Wildman–Crippen MR) is 75.3 cm³/mol. The van der Waals surface area contributed by atoms with Gasteiger partial charge in [0.25, 0.3) is 0 Å². The van der Waals surface area contributed by atoms with Gasteiger partial charge < -0.3 is 11.5 Å². The van der Waals surface area contributed by atoms with E-state index >= 15 is 0 Å². The third-order valence-corrected chi connectivity index (χ3v) is 3.16. The van der Waals surface area contributed by atoms with Gasteiger partial charge in [0, 0.05) is 22.2 Å². The zero-order valence-corrected chi connectivity index (χ0v) is 10.4. The Kier molecular flexibility index (Phi) is 2.13. The smallest absolute Gasteiger partial charge is 0.0990 e. The summed E-state index contributed by atoms with van der Waals surface area (Å²) in [5.41, 5.74) is 16.8. The molecule has 1 aromatic carbocycles. The quantitative estimate of drug-likeness (QED) is 0.358. The van der Waals surface area contributed by atoms with Crippen LogP contribution in [0.2, 0.25) is 0 Å². The van der Waals surface area contributed by atoms with Crippen LogP contribution in [0.3, 0.4) is 0 Å². The molecule has 3 rings (SSSR count). The van der Waals surface area contributed by atoms with Crippen molar-refractivity contribution in [3.63, 3.8) is 0 Å². The van der Waals surface area contributed by atoms with E-state index in [1.807, 2.05) is 38.1 Å². The molecule has 18 heavy (non-hydrogen) atoms. The van der Waals surface area contributed by atoms with Gasteiger partial charge >= 0.3 is 0 Å². The van der Waals surface area contributed by atoms with Crippen LogP contribution in [0.25, 0.3) is 21.8 Å². The van der Waals surface area contributed by atoms with E-state index in [1.54, 1.807) is 0 Å².